The van der Waals surface area contributed by atoms with Gasteiger partial charge in [-0.25, -0.2) is 0 Å². The van der Waals surface area contributed by atoms with E-state index < -0.39 is 0 Å². The summed E-state index contributed by atoms with van der Waals surface area (Å²) >= 11 is 0. The lowest BCUT2D eigenvalue weighted by molar-refractivity contribution is 0.156. The molecule has 1 N–H and O–H groups in total. The second-order valence-electron chi connectivity index (χ2n) is 7.42. The smallest absolute Gasteiger partial charge is 0.193 e. The van der Waals surface area contributed by atoms with Gasteiger partial charge in [-0.05, 0) is 31.1 Å². The van der Waals surface area contributed by atoms with Crippen LogP contribution in [0.1, 0.15) is 45.4 Å². The van der Waals surface area contributed by atoms with E-state index in [9.17, 15) is 0 Å². The molecule has 0 amide bonds. The topological polar surface area (TPSA) is 36.9 Å². The number of nitrogens with one attached hydrogen (secondary N) is 1. The Balaban J connectivity index is 0.00000176. The second-order valence-corrected chi connectivity index (χ2v) is 7.42. The molecule has 3 aliphatic rings. The molecule has 3 atom stereocenters. The summed E-state index contributed by atoms with van der Waals surface area (Å²) in [5, 5.41) is 3.65. The maximum absolute atomic E-state index is 5.63. The van der Waals surface area contributed by atoms with Gasteiger partial charge in [-0.2, -0.15) is 0 Å². The third-order valence-electron chi connectivity index (χ3n) is 5.95. The Morgan fingerprint density at radius 1 is 1.32 bits per heavy atom. The number of halogens is 1. The fourth-order valence-electron chi connectivity index (χ4n) is 4.34. The highest BCUT2D eigenvalue weighted by atomic mass is 127. The van der Waals surface area contributed by atoms with Crippen molar-refractivity contribution in [1.82, 2.24) is 10.2 Å². The fraction of sp³-hybridized carbons (Fsp3) is 0.941. The van der Waals surface area contributed by atoms with Gasteiger partial charge in [0.1, 0.15) is 0 Å². The van der Waals surface area contributed by atoms with E-state index in [-0.39, 0.29) is 24.0 Å². The van der Waals surface area contributed by atoms with E-state index in [0.29, 0.717) is 5.41 Å². The molecule has 1 saturated carbocycles. The molecule has 128 valence electrons. The highest BCUT2D eigenvalue weighted by molar-refractivity contribution is 14.0. The van der Waals surface area contributed by atoms with Gasteiger partial charge in [-0.3, -0.25) is 4.99 Å². The van der Waals surface area contributed by atoms with Crippen molar-refractivity contribution >= 4 is 29.9 Å². The van der Waals surface area contributed by atoms with Crippen molar-refractivity contribution in [2.75, 3.05) is 39.9 Å². The molecule has 3 unspecified atom stereocenters. The molecule has 0 aromatic rings. The van der Waals surface area contributed by atoms with Gasteiger partial charge in [0.2, 0.25) is 0 Å². The molecule has 0 aromatic heterocycles. The van der Waals surface area contributed by atoms with E-state index in [4.69, 9.17) is 4.74 Å². The van der Waals surface area contributed by atoms with Crippen LogP contribution in [0.5, 0.6) is 0 Å². The molecule has 5 heteroatoms. The minimum Gasteiger partial charge on any atom is -0.381 e. The van der Waals surface area contributed by atoms with Gasteiger partial charge in [0.05, 0.1) is 6.61 Å². The van der Waals surface area contributed by atoms with E-state index in [1.807, 2.05) is 7.05 Å². The lowest BCUT2D eigenvalue weighted by Gasteiger charge is -2.31. The van der Waals surface area contributed by atoms with Crippen molar-refractivity contribution in [3.05, 3.63) is 0 Å². The maximum atomic E-state index is 5.63. The summed E-state index contributed by atoms with van der Waals surface area (Å²) in [6, 6.07) is 0. The number of hydrogen-bond donors (Lipinski definition) is 1. The molecule has 22 heavy (non-hydrogen) atoms. The van der Waals surface area contributed by atoms with Crippen LogP contribution < -0.4 is 5.32 Å². The molecule has 0 bridgehead atoms. The first kappa shape index (κ1) is 18.3. The summed E-state index contributed by atoms with van der Waals surface area (Å²) < 4.78 is 5.63. The van der Waals surface area contributed by atoms with Gasteiger partial charge >= 0.3 is 0 Å². The summed E-state index contributed by atoms with van der Waals surface area (Å²) in [6.45, 7) is 7.64. The number of rotatable bonds is 2. The maximum Gasteiger partial charge on any atom is 0.193 e. The quantitative estimate of drug-likeness (QED) is 0.423. The van der Waals surface area contributed by atoms with Gasteiger partial charge in [-0.15, -0.1) is 24.0 Å². The molecule has 1 spiro atoms. The Bertz CT molecular complexity index is 382. The van der Waals surface area contributed by atoms with Crippen LogP contribution in [0.4, 0.5) is 0 Å². The van der Waals surface area contributed by atoms with Crippen LogP contribution in [0.25, 0.3) is 0 Å². The largest absolute Gasteiger partial charge is 0.381 e. The predicted octanol–water partition coefficient (Wildman–Crippen LogP) is 3.12. The zero-order valence-electron chi connectivity index (χ0n) is 14.1. The molecular weight excluding hydrogens is 389 g/mol. The Morgan fingerprint density at radius 3 is 2.82 bits per heavy atom. The average molecular weight is 421 g/mol. The number of nitrogens with zero attached hydrogens (tertiary/aromatic N) is 2. The van der Waals surface area contributed by atoms with Crippen molar-refractivity contribution in [3.63, 3.8) is 0 Å². The second kappa shape index (κ2) is 8.18. The molecule has 3 fully saturated rings. The fourth-order valence-corrected chi connectivity index (χ4v) is 4.34. The van der Waals surface area contributed by atoms with Crippen LogP contribution in [-0.4, -0.2) is 50.8 Å². The highest BCUT2D eigenvalue weighted by Gasteiger charge is 2.42. The molecule has 2 heterocycles. The minimum atomic E-state index is 0. The number of guanidine groups is 1. The average Bonchev–Trinajstić information content (AvgIpc) is 3.12. The molecule has 2 saturated heterocycles. The lowest BCUT2D eigenvalue weighted by atomic mass is 9.80. The lowest BCUT2D eigenvalue weighted by Crippen LogP contribution is -2.44. The van der Waals surface area contributed by atoms with Crippen molar-refractivity contribution in [1.29, 1.82) is 0 Å². The molecule has 1 aliphatic carbocycles. The van der Waals surface area contributed by atoms with Crippen LogP contribution in [0.15, 0.2) is 4.99 Å². The third kappa shape index (κ3) is 4.08. The summed E-state index contributed by atoms with van der Waals surface area (Å²) in [5.41, 5.74) is 0.412. The van der Waals surface area contributed by atoms with Crippen LogP contribution in [0.2, 0.25) is 0 Å². The van der Waals surface area contributed by atoms with Crippen molar-refractivity contribution in [2.45, 2.75) is 45.4 Å². The van der Waals surface area contributed by atoms with Crippen molar-refractivity contribution in [2.24, 2.45) is 22.2 Å². The van der Waals surface area contributed by atoms with Gasteiger partial charge in [0.15, 0.2) is 5.96 Å². The molecule has 3 rings (SSSR count). The predicted molar refractivity (Wildman–Crippen MR) is 102 cm³/mol. The van der Waals surface area contributed by atoms with E-state index in [2.05, 4.69) is 22.1 Å². The van der Waals surface area contributed by atoms with E-state index >= 15 is 0 Å². The van der Waals surface area contributed by atoms with Gasteiger partial charge in [0, 0.05) is 38.7 Å². The molecular formula is C17H32IN3O. The SMILES string of the molecule is CN=C(NCC1CCCCC1C)N1CCC2(CCOC2)C1.I. The van der Waals surface area contributed by atoms with Crippen molar-refractivity contribution in [3.8, 4) is 0 Å². The van der Waals surface area contributed by atoms with E-state index in [1.54, 1.807) is 0 Å². The summed E-state index contributed by atoms with van der Waals surface area (Å²) in [6.07, 6.45) is 8.08. The first-order chi connectivity index (χ1) is 10.2. The minimum absolute atomic E-state index is 0. The van der Waals surface area contributed by atoms with Crippen LogP contribution in [0.3, 0.4) is 0 Å². The Hall–Kier alpha value is -0.0400. The van der Waals surface area contributed by atoms with E-state index in [1.165, 1.54) is 38.5 Å². The van der Waals surface area contributed by atoms with Gasteiger partial charge in [0.25, 0.3) is 0 Å². The van der Waals surface area contributed by atoms with Gasteiger partial charge < -0.3 is 15.0 Å². The number of aliphatic imine (C=N–C) groups is 1. The Labute approximate surface area is 152 Å². The normalized spacial score (nSPS) is 35.7. The standard InChI is InChI=1S/C17H31N3O.HI/c1-14-5-3-4-6-15(14)11-19-16(18-2)20-9-7-17(12-20)8-10-21-13-17;/h14-15H,3-13H2,1-2H3,(H,18,19);1H. The number of hydrogen-bond acceptors (Lipinski definition) is 2. The molecule has 0 radical (unpaired) electrons. The molecule has 2 aliphatic heterocycles. The van der Waals surface area contributed by atoms with Crippen molar-refractivity contribution < 1.29 is 4.74 Å². The number of ether oxygens (including phenoxy) is 1. The summed E-state index contributed by atoms with van der Waals surface area (Å²) in [7, 11) is 1.92. The first-order valence-corrected chi connectivity index (χ1v) is 8.76. The zero-order valence-corrected chi connectivity index (χ0v) is 16.5. The number of likely N-dealkylation sites (tertiary alicyclic amines) is 1. The van der Waals surface area contributed by atoms with E-state index in [0.717, 1.165) is 50.6 Å². The van der Waals surface area contributed by atoms with Gasteiger partial charge in [-0.1, -0.05) is 26.2 Å². The molecule has 4 nitrogen and oxygen atoms in total. The highest BCUT2D eigenvalue weighted by Crippen LogP contribution is 2.38. The van der Waals surface area contributed by atoms with Crippen LogP contribution in [0, 0.1) is 17.3 Å². The Kier molecular flexibility index (Phi) is 6.80. The first-order valence-electron chi connectivity index (χ1n) is 8.76. The molecule has 0 aromatic carbocycles. The van der Waals surface area contributed by atoms with Crippen LogP contribution >= 0.6 is 24.0 Å². The summed E-state index contributed by atoms with van der Waals surface area (Å²) in [5.74, 6) is 2.79. The third-order valence-corrected chi connectivity index (χ3v) is 5.95. The summed E-state index contributed by atoms with van der Waals surface area (Å²) in [4.78, 5) is 6.97. The zero-order chi connectivity index (χ0) is 14.7. The van der Waals surface area contributed by atoms with Crippen LogP contribution in [-0.2, 0) is 4.74 Å². The monoisotopic (exact) mass is 421 g/mol. The Morgan fingerprint density at radius 2 is 2.14 bits per heavy atom.